The molecule has 4 rings (SSSR count). The third-order valence-corrected chi connectivity index (χ3v) is 4.46. The molecule has 1 aliphatic carbocycles. The third kappa shape index (κ3) is 2.36. The van der Waals surface area contributed by atoms with Crippen molar-refractivity contribution in [2.45, 2.75) is 25.2 Å². The summed E-state index contributed by atoms with van der Waals surface area (Å²) in [6.45, 7) is 0. The van der Waals surface area contributed by atoms with Crippen molar-refractivity contribution < 1.29 is 8.81 Å². The van der Waals surface area contributed by atoms with Gasteiger partial charge in [-0.15, -0.1) is 5.10 Å². The van der Waals surface area contributed by atoms with E-state index in [1.807, 2.05) is 6.07 Å². The topological polar surface area (TPSA) is 91.4 Å². The van der Waals surface area contributed by atoms with Crippen LogP contribution in [0.4, 0.5) is 4.39 Å². The van der Waals surface area contributed by atoms with Gasteiger partial charge in [0.2, 0.25) is 5.89 Å². The van der Waals surface area contributed by atoms with Gasteiger partial charge in [0.25, 0.3) is 0 Å². The first kappa shape index (κ1) is 14.8. The second kappa shape index (κ2) is 5.73. The Hall–Kier alpha value is -2.72. The van der Waals surface area contributed by atoms with Crippen molar-refractivity contribution in [1.82, 2.24) is 20.4 Å². The van der Waals surface area contributed by atoms with Crippen molar-refractivity contribution in [3.05, 3.63) is 40.5 Å². The van der Waals surface area contributed by atoms with Gasteiger partial charge in [0.05, 0.1) is 5.02 Å². The maximum absolute atomic E-state index is 13.4. The first-order valence-corrected chi connectivity index (χ1v) is 7.82. The highest BCUT2D eigenvalue weighted by Gasteiger charge is 2.31. The van der Waals surface area contributed by atoms with Crippen LogP contribution in [0.25, 0.3) is 22.8 Å². The van der Waals surface area contributed by atoms with Crippen LogP contribution in [-0.4, -0.2) is 20.4 Å². The zero-order valence-electron chi connectivity index (χ0n) is 12.4. The summed E-state index contributed by atoms with van der Waals surface area (Å²) < 4.78 is 19.3. The molecule has 0 unspecified atom stereocenters. The lowest BCUT2D eigenvalue weighted by molar-refractivity contribution is 0.351. The monoisotopic (exact) mass is 343 g/mol. The van der Waals surface area contributed by atoms with Gasteiger partial charge in [-0.1, -0.05) is 18.0 Å². The Kier molecular flexibility index (Phi) is 3.54. The standard InChI is InChI=1S/C16H11ClFN5O/c17-10-6-9(4-5-11(10)18)16-20-14(13-12(7-19)21-23-22-13)15(24-16)8-2-1-3-8/h4-6,8H,1-3H2,(H,21,22,23). The molecule has 0 radical (unpaired) electrons. The van der Waals surface area contributed by atoms with Crippen LogP contribution in [0.3, 0.4) is 0 Å². The molecule has 0 spiro atoms. The fourth-order valence-corrected chi connectivity index (χ4v) is 2.86. The molecular formula is C16H11ClFN5O. The minimum atomic E-state index is -0.505. The zero-order chi connectivity index (χ0) is 16.7. The van der Waals surface area contributed by atoms with E-state index < -0.39 is 5.82 Å². The van der Waals surface area contributed by atoms with Crippen molar-refractivity contribution in [3.8, 4) is 28.9 Å². The molecule has 0 atom stereocenters. The molecule has 8 heteroatoms. The molecule has 0 amide bonds. The lowest BCUT2D eigenvalue weighted by atomic mass is 9.82. The van der Waals surface area contributed by atoms with Gasteiger partial charge in [-0.25, -0.2) is 9.37 Å². The number of hydrogen-bond donors (Lipinski definition) is 1. The molecule has 3 aromatic rings. The summed E-state index contributed by atoms with van der Waals surface area (Å²) in [5.74, 6) is 0.734. The Morgan fingerprint density at radius 2 is 2.12 bits per heavy atom. The minimum absolute atomic E-state index is 0.00315. The van der Waals surface area contributed by atoms with E-state index in [2.05, 4.69) is 20.4 Å². The van der Waals surface area contributed by atoms with E-state index in [0.29, 0.717) is 28.6 Å². The first-order valence-electron chi connectivity index (χ1n) is 7.44. The van der Waals surface area contributed by atoms with E-state index in [0.717, 1.165) is 19.3 Å². The van der Waals surface area contributed by atoms with Gasteiger partial charge >= 0.3 is 0 Å². The number of nitrogens with zero attached hydrogens (tertiary/aromatic N) is 4. The summed E-state index contributed by atoms with van der Waals surface area (Å²) in [5.41, 5.74) is 1.59. The molecule has 1 aromatic carbocycles. The fourth-order valence-electron chi connectivity index (χ4n) is 2.68. The summed E-state index contributed by atoms with van der Waals surface area (Å²) >= 11 is 5.84. The minimum Gasteiger partial charge on any atom is -0.440 e. The number of hydrogen-bond acceptors (Lipinski definition) is 5. The normalized spacial score (nSPS) is 14.4. The van der Waals surface area contributed by atoms with Gasteiger partial charge in [0.15, 0.2) is 11.4 Å². The van der Waals surface area contributed by atoms with Crippen molar-refractivity contribution >= 4 is 11.6 Å². The molecule has 0 saturated heterocycles. The number of nitrogens with one attached hydrogen (secondary N) is 1. The average Bonchev–Trinajstić information content (AvgIpc) is 3.14. The number of nitriles is 1. The number of rotatable bonds is 3. The maximum Gasteiger partial charge on any atom is 0.227 e. The van der Waals surface area contributed by atoms with Crippen LogP contribution in [0, 0.1) is 17.1 Å². The van der Waals surface area contributed by atoms with Crippen LogP contribution in [0.2, 0.25) is 5.02 Å². The largest absolute Gasteiger partial charge is 0.440 e. The molecule has 1 saturated carbocycles. The lowest BCUT2D eigenvalue weighted by Gasteiger charge is -2.23. The van der Waals surface area contributed by atoms with E-state index in [4.69, 9.17) is 16.0 Å². The van der Waals surface area contributed by atoms with Crippen molar-refractivity contribution in [3.63, 3.8) is 0 Å². The average molecular weight is 344 g/mol. The SMILES string of the molecule is N#Cc1n[nH]nc1-c1nc(-c2ccc(F)c(Cl)c2)oc1C1CCC1. The van der Waals surface area contributed by atoms with Crippen molar-refractivity contribution in [2.75, 3.05) is 0 Å². The van der Waals surface area contributed by atoms with E-state index >= 15 is 0 Å². The molecule has 0 bridgehead atoms. The van der Waals surface area contributed by atoms with Crippen LogP contribution < -0.4 is 0 Å². The molecular weight excluding hydrogens is 333 g/mol. The molecule has 2 heterocycles. The molecule has 1 aliphatic rings. The van der Waals surface area contributed by atoms with E-state index in [1.54, 1.807) is 6.07 Å². The Bertz CT molecular complexity index is 954. The number of benzene rings is 1. The number of aromatic nitrogens is 4. The predicted octanol–water partition coefficient (Wildman–Crippen LogP) is 4.06. The number of oxazole rings is 1. The Labute approximate surface area is 141 Å². The molecule has 120 valence electrons. The highest BCUT2D eigenvalue weighted by molar-refractivity contribution is 6.31. The fraction of sp³-hybridized carbons (Fsp3) is 0.250. The predicted molar refractivity (Wildman–Crippen MR) is 83.6 cm³/mol. The summed E-state index contributed by atoms with van der Waals surface area (Å²) in [4.78, 5) is 4.48. The van der Waals surface area contributed by atoms with Crippen LogP contribution in [-0.2, 0) is 0 Å². The highest BCUT2D eigenvalue weighted by atomic mass is 35.5. The summed E-state index contributed by atoms with van der Waals surface area (Å²) in [6.07, 6.45) is 3.10. The second-order valence-electron chi connectivity index (χ2n) is 5.62. The van der Waals surface area contributed by atoms with Gasteiger partial charge in [-0.2, -0.15) is 15.6 Å². The van der Waals surface area contributed by atoms with Crippen molar-refractivity contribution in [1.29, 1.82) is 5.26 Å². The number of halogens is 2. The summed E-state index contributed by atoms with van der Waals surface area (Å²) in [5, 5.41) is 19.5. The van der Waals surface area contributed by atoms with Gasteiger partial charge in [-0.05, 0) is 31.0 Å². The van der Waals surface area contributed by atoms with Crippen LogP contribution >= 0.6 is 11.6 Å². The molecule has 1 N–H and O–H groups in total. The Morgan fingerprint density at radius 1 is 1.29 bits per heavy atom. The maximum atomic E-state index is 13.4. The summed E-state index contributed by atoms with van der Waals surface area (Å²) in [7, 11) is 0. The molecule has 6 nitrogen and oxygen atoms in total. The first-order chi connectivity index (χ1) is 11.7. The molecule has 2 aromatic heterocycles. The summed E-state index contributed by atoms with van der Waals surface area (Å²) in [6, 6.07) is 6.26. The van der Waals surface area contributed by atoms with Gasteiger partial charge in [0.1, 0.15) is 23.3 Å². The van der Waals surface area contributed by atoms with Gasteiger partial charge in [-0.3, -0.25) is 0 Å². The molecule has 0 aliphatic heterocycles. The van der Waals surface area contributed by atoms with Crippen LogP contribution in [0.1, 0.15) is 36.6 Å². The zero-order valence-corrected chi connectivity index (χ0v) is 13.1. The Morgan fingerprint density at radius 3 is 2.79 bits per heavy atom. The van der Waals surface area contributed by atoms with Gasteiger partial charge in [0, 0.05) is 11.5 Å². The number of aromatic amines is 1. The van der Waals surface area contributed by atoms with Crippen LogP contribution in [0.5, 0.6) is 0 Å². The second-order valence-corrected chi connectivity index (χ2v) is 6.03. The lowest BCUT2D eigenvalue weighted by Crippen LogP contribution is -2.09. The smallest absolute Gasteiger partial charge is 0.227 e. The number of H-pyrrole nitrogens is 1. The quantitative estimate of drug-likeness (QED) is 0.774. The highest BCUT2D eigenvalue weighted by Crippen LogP contribution is 2.43. The van der Waals surface area contributed by atoms with Crippen molar-refractivity contribution in [2.24, 2.45) is 0 Å². The van der Waals surface area contributed by atoms with Gasteiger partial charge < -0.3 is 4.42 Å². The van der Waals surface area contributed by atoms with E-state index in [-0.39, 0.29) is 16.6 Å². The molecule has 1 fully saturated rings. The van der Waals surface area contributed by atoms with Crippen LogP contribution in [0.15, 0.2) is 22.6 Å². The van der Waals surface area contributed by atoms with E-state index in [1.165, 1.54) is 12.1 Å². The molecule has 24 heavy (non-hydrogen) atoms. The Balaban J connectivity index is 1.85. The van der Waals surface area contributed by atoms with E-state index in [9.17, 15) is 9.65 Å². The third-order valence-electron chi connectivity index (χ3n) is 4.17.